The lowest BCUT2D eigenvalue weighted by Gasteiger charge is -2.06. The Balaban J connectivity index is 2.83. The predicted octanol–water partition coefficient (Wildman–Crippen LogP) is 2.68. The summed E-state index contributed by atoms with van der Waals surface area (Å²) in [5, 5.41) is 1.69. The first kappa shape index (κ1) is 7.80. The Morgan fingerprint density at radius 3 is 2.10 bits per heavy atom. The van der Waals surface area contributed by atoms with Gasteiger partial charge in [0.05, 0.1) is 8.80 Å². The van der Waals surface area contributed by atoms with Gasteiger partial charge in [-0.05, 0) is 20.3 Å². The SMILES string of the molecule is CC1=C(C)C([SiH](C)C)=CC1. The Morgan fingerprint density at radius 2 is 1.90 bits per heavy atom. The summed E-state index contributed by atoms with van der Waals surface area (Å²) < 4.78 is 0. The van der Waals surface area contributed by atoms with E-state index in [1.165, 1.54) is 6.42 Å². The second-order valence-corrected chi connectivity index (χ2v) is 6.36. The summed E-state index contributed by atoms with van der Waals surface area (Å²) in [6.07, 6.45) is 3.63. The zero-order valence-corrected chi connectivity index (χ0v) is 8.52. The van der Waals surface area contributed by atoms with Gasteiger partial charge in [-0.15, -0.1) is 0 Å². The van der Waals surface area contributed by atoms with Crippen molar-refractivity contribution >= 4 is 8.80 Å². The molecule has 1 aliphatic rings. The Morgan fingerprint density at radius 1 is 1.30 bits per heavy atom. The molecule has 0 spiro atoms. The molecule has 0 aromatic carbocycles. The van der Waals surface area contributed by atoms with Crippen molar-refractivity contribution in [3.05, 3.63) is 22.4 Å². The number of rotatable bonds is 1. The molecule has 0 atom stereocenters. The highest BCUT2D eigenvalue weighted by Gasteiger charge is 2.13. The Bertz CT molecular complexity index is 197. The van der Waals surface area contributed by atoms with Crippen LogP contribution in [0.15, 0.2) is 22.4 Å². The minimum Gasteiger partial charge on any atom is -0.0813 e. The molecule has 0 N–H and O–H groups in total. The first-order valence-corrected chi connectivity index (χ1v) is 6.88. The molecule has 0 bridgehead atoms. The molecule has 0 saturated heterocycles. The number of hydrogen-bond acceptors (Lipinski definition) is 0. The summed E-state index contributed by atoms with van der Waals surface area (Å²) >= 11 is 0. The second-order valence-electron chi connectivity index (χ2n) is 3.42. The summed E-state index contributed by atoms with van der Waals surface area (Å²) in [5.41, 5.74) is 3.16. The molecule has 0 nitrogen and oxygen atoms in total. The molecule has 0 unspecified atom stereocenters. The molecular formula is C9H16Si. The van der Waals surface area contributed by atoms with E-state index in [2.05, 4.69) is 33.0 Å². The van der Waals surface area contributed by atoms with E-state index in [9.17, 15) is 0 Å². The number of hydrogen-bond donors (Lipinski definition) is 0. The molecule has 0 saturated carbocycles. The lowest BCUT2D eigenvalue weighted by atomic mass is 10.2. The monoisotopic (exact) mass is 152 g/mol. The molecular weight excluding hydrogens is 136 g/mol. The van der Waals surface area contributed by atoms with Crippen molar-refractivity contribution in [3.63, 3.8) is 0 Å². The number of allylic oxidation sites excluding steroid dienone is 4. The van der Waals surface area contributed by atoms with E-state index in [1.54, 1.807) is 16.3 Å². The minimum absolute atomic E-state index is 0.516. The van der Waals surface area contributed by atoms with Crippen LogP contribution in [0, 0.1) is 0 Å². The summed E-state index contributed by atoms with van der Waals surface area (Å²) in [4.78, 5) is 0. The lowest BCUT2D eigenvalue weighted by molar-refractivity contribution is 1.22. The largest absolute Gasteiger partial charge is 0.0813 e. The third-order valence-electron chi connectivity index (χ3n) is 2.32. The standard InChI is InChI=1S/C9H16Si/c1-7-5-6-9(8(7)2)10(3)4/h6,10H,5H2,1-4H3. The van der Waals surface area contributed by atoms with Gasteiger partial charge in [-0.1, -0.05) is 35.5 Å². The molecule has 0 fully saturated rings. The van der Waals surface area contributed by atoms with E-state index in [-0.39, 0.29) is 0 Å². The van der Waals surface area contributed by atoms with Crippen molar-refractivity contribution in [2.45, 2.75) is 33.4 Å². The maximum absolute atomic E-state index is 2.42. The fourth-order valence-electron chi connectivity index (χ4n) is 1.48. The first-order valence-electron chi connectivity index (χ1n) is 3.99. The van der Waals surface area contributed by atoms with E-state index < -0.39 is 8.80 Å². The van der Waals surface area contributed by atoms with E-state index in [1.807, 2.05) is 0 Å². The molecule has 0 radical (unpaired) electrons. The van der Waals surface area contributed by atoms with Gasteiger partial charge >= 0.3 is 0 Å². The van der Waals surface area contributed by atoms with Crippen molar-refractivity contribution in [1.82, 2.24) is 0 Å². The van der Waals surface area contributed by atoms with Gasteiger partial charge in [-0.25, -0.2) is 0 Å². The van der Waals surface area contributed by atoms with Crippen LogP contribution < -0.4 is 0 Å². The Kier molecular flexibility index (Phi) is 2.14. The van der Waals surface area contributed by atoms with Crippen molar-refractivity contribution < 1.29 is 0 Å². The lowest BCUT2D eigenvalue weighted by Crippen LogP contribution is -2.04. The van der Waals surface area contributed by atoms with Crippen LogP contribution in [-0.4, -0.2) is 8.80 Å². The minimum atomic E-state index is -0.516. The van der Waals surface area contributed by atoms with Gasteiger partial charge in [-0.2, -0.15) is 0 Å². The molecule has 0 aromatic rings. The van der Waals surface area contributed by atoms with Crippen LogP contribution in [0.4, 0.5) is 0 Å². The van der Waals surface area contributed by atoms with Crippen molar-refractivity contribution in [2.75, 3.05) is 0 Å². The molecule has 1 aliphatic carbocycles. The molecule has 10 heavy (non-hydrogen) atoms. The third-order valence-corrected chi connectivity index (χ3v) is 4.24. The molecule has 0 heterocycles. The highest BCUT2D eigenvalue weighted by Crippen LogP contribution is 2.26. The zero-order chi connectivity index (χ0) is 7.72. The van der Waals surface area contributed by atoms with E-state index in [0.717, 1.165) is 0 Å². The van der Waals surface area contributed by atoms with Crippen molar-refractivity contribution in [1.29, 1.82) is 0 Å². The van der Waals surface area contributed by atoms with E-state index >= 15 is 0 Å². The molecule has 0 aromatic heterocycles. The predicted molar refractivity (Wildman–Crippen MR) is 50.0 cm³/mol. The smallest absolute Gasteiger partial charge is 0.0646 e. The van der Waals surface area contributed by atoms with Crippen LogP contribution in [0.5, 0.6) is 0 Å². The fourth-order valence-corrected chi connectivity index (χ4v) is 3.19. The van der Waals surface area contributed by atoms with Gasteiger partial charge < -0.3 is 0 Å². The highest BCUT2D eigenvalue weighted by molar-refractivity contribution is 6.65. The maximum Gasteiger partial charge on any atom is 0.0646 e. The summed E-state index contributed by atoms with van der Waals surface area (Å²) in [6.45, 7) is 9.30. The van der Waals surface area contributed by atoms with Gasteiger partial charge in [0.1, 0.15) is 0 Å². The second kappa shape index (κ2) is 2.75. The molecule has 1 rings (SSSR count). The molecule has 56 valence electrons. The summed E-state index contributed by atoms with van der Waals surface area (Å²) in [6, 6.07) is 0. The van der Waals surface area contributed by atoms with Gasteiger partial charge in [-0.3, -0.25) is 0 Å². The highest BCUT2D eigenvalue weighted by atomic mass is 28.3. The van der Waals surface area contributed by atoms with Gasteiger partial charge in [0.25, 0.3) is 0 Å². The summed E-state index contributed by atoms with van der Waals surface area (Å²) in [7, 11) is -0.516. The maximum atomic E-state index is 2.42. The Labute approximate surface area is 65.3 Å². The van der Waals surface area contributed by atoms with Crippen LogP contribution >= 0.6 is 0 Å². The average Bonchev–Trinajstić information content (AvgIpc) is 2.14. The van der Waals surface area contributed by atoms with Crippen molar-refractivity contribution in [2.24, 2.45) is 0 Å². The average molecular weight is 152 g/mol. The summed E-state index contributed by atoms with van der Waals surface area (Å²) in [5.74, 6) is 0. The fraction of sp³-hybridized carbons (Fsp3) is 0.556. The molecule has 1 heteroatoms. The molecule has 0 aliphatic heterocycles. The van der Waals surface area contributed by atoms with Gasteiger partial charge in [0, 0.05) is 0 Å². The normalized spacial score (nSPS) is 18.7. The van der Waals surface area contributed by atoms with Crippen LogP contribution in [0.2, 0.25) is 13.1 Å². The van der Waals surface area contributed by atoms with E-state index in [4.69, 9.17) is 0 Å². The van der Waals surface area contributed by atoms with Crippen LogP contribution in [0.1, 0.15) is 20.3 Å². The first-order chi connectivity index (χ1) is 4.63. The Hall–Kier alpha value is -0.303. The van der Waals surface area contributed by atoms with Crippen LogP contribution in [0.3, 0.4) is 0 Å². The van der Waals surface area contributed by atoms with Gasteiger partial charge in [0.2, 0.25) is 0 Å². The van der Waals surface area contributed by atoms with Crippen LogP contribution in [0.25, 0.3) is 0 Å². The van der Waals surface area contributed by atoms with E-state index in [0.29, 0.717) is 0 Å². The molecule has 0 amide bonds. The zero-order valence-electron chi connectivity index (χ0n) is 7.36. The quantitative estimate of drug-likeness (QED) is 0.507. The van der Waals surface area contributed by atoms with Crippen LogP contribution in [-0.2, 0) is 0 Å². The van der Waals surface area contributed by atoms with Crippen molar-refractivity contribution in [3.8, 4) is 0 Å². The topological polar surface area (TPSA) is 0 Å². The van der Waals surface area contributed by atoms with Gasteiger partial charge in [0.15, 0.2) is 0 Å². The third kappa shape index (κ3) is 1.24.